The minimum atomic E-state index is 0.673. The lowest BCUT2D eigenvalue weighted by Gasteiger charge is -2.14. The van der Waals surface area contributed by atoms with Gasteiger partial charge in [-0.05, 0) is 42.5 Å². The lowest BCUT2D eigenvalue weighted by molar-refractivity contribution is 0.639. The normalized spacial score (nSPS) is 10.8. The minimum Gasteiger partial charge on any atom is -0.0648 e. The Morgan fingerprint density at radius 1 is 1.15 bits per heavy atom. The van der Waals surface area contributed by atoms with Gasteiger partial charge >= 0.3 is 0 Å². The van der Waals surface area contributed by atoms with Gasteiger partial charge in [0, 0.05) is 8.95 Å². The van der Waals surface area contributed by atoms with Gasteiger partial charge in [-0.15, -0.1) is 0 Å². The Morgan fingerprint density at radius 3 is 2.31 bits per heavy atom. The van der Waals surface area contributed by atoms with Crippen molar-refractivity contribution < 1.29 is 0 Å². The van der Waals surface area contributed by atoms with Crippen LogP contribution in [0.15, 0.2) is 27.1 Å². The van der Waals surface area contributed by atoms with E-state index in [9.17, 15) is 0 Å². The highest BCUT2D eigenvalue weighted by molar-refractivity contribution is 9.11. The van der Waals surface area contributed by atoms with Gasteiger partial charge in [0.25, 0.3) is 0 Å². The summed E-state index contributed by atoms with van der Waals surface area (Å²) >= 11 is 7.09. The van der Waals surface area contributed by atoms with Gasteiger partial charge in [0.1, 0.15) is 0 Å². The first-order chi connectivity index (χ1) is 6.19. The Balaban J connectivity index is 3.03. The highest BCUT2D eigenvalue weighted by Crippen LogP contribution is 2.31. The molecule has 0 N–H and O–H groups in total. The van der Waals surface area contributed by atoms with Gasteiger partial charge in [0.15, 0.2) is 0 Å². The molecule has 2 heteroatoms. The van der Waals surface area contributed by atoms with Crippen LogP contribution in [0, 0.1) is 0 Å². The van der Waals surface area contributed by atoms with Crippen LogP contribution in [0.5, 0.6) is 0 Å². The van der Waals surface area contributed by atoms with E-state index in [1.807, 2.05) is 0 Å². The summed E-state index contributed by atoms with van der Waals surface area (Å²) < 4.78 is 2.39. The Labute approximate surface area is 97.0 Å². The highest BCUT2D eigenvalue weighted by atomic mass is 79.9. The molecule has 0 saturated carbocycles. The molecular weight excluding hydrogens is 292 g/mol. The van der Waals surface area contributed by atoms with Crippen LogP contribution in [0.1, 0.15) is 38.2 Å². The molecule has 1 rings (SSSR count). The van der Waals surface area contributed by atoms with Crippen molar-refractivity contribution in [3.63, 3.8) is 0 Å². The molecule has 0 fully saturated rings. The van der Waals surface area contributed by atoms with Crippen molar-refractivity contribution in [3.05, 3.63) is 32.7 Å². The zero-order valence-electron chi connectivity index (χ0n) is 7.98. The lowest BCUT2D eigenvalue weighted by Crippen LogP contribution is -1.96. The first-order valence-corrected chi connectivity index (χ1v) is 6.22. The monoisotopic (exact) mass is 304 g/mol. The van der Waals surface area contributed by atoms with Crippen molar-refractivity contribution in [2.45, 2.75) is 32.6 Å². The molecule has 0 aliphatic carbocycles. The van der Waals surface area contributed by atoms with Crippen LogP contribution in [0.25, 0.3) is 0 Å². The Hall–Kier alpha value is 0.180. The lowest BCUT2D eigenvalue weighted by atomic mass is 9.94. The van der Waals surface area contributed by atoms with Gasteiger partial charge in [-0.25, -0.2) is 0 Å². The number of benzene rings is 1. The standard InChI is InChI=1S/C11H14Br2/c1-3-8(4-2)10-7-9(12)5-6-11(10)13/h5-8H,3-4H2,1-2H3. The molecular formula is C11H14Br2. The van der Waals surface area contributed by atoms with Crippen LogP contribution in [0.3, 0.4) is 0 Å². The van der Waals surface area contributed by atoms with Crippen LogP contribution >= 0.6 is 31.9 Å². The summed E-state index contributed by atoms with van der Waals surface area (Å²) in [7, 11) is 0. The third kappa shape index (κ3) is 2.81. The van der Waals surface area contributed by atoms with E-state index >= 15 is 0 Å². The summed E-state index contributed by atoms with van der Waals surface area (Å²) in [6.45, 7) is 4.48. The first-order valence-electron chi connectivity index (χ1n) is 4.64. The molecule has 0 nitrogen and oxygen atoms in total. The summed E-state index contributed by atoms with van der Waals surface area (Å²) in [5, 5.41) is 0. The van der Waals surface area contributed by atoms with Crippen molar-refractivity contribution in [3.8, 4) is 0 Å². The second-order valence-electron chi connectivity index (χ2n) is 3.18. The summed E-state index contributed by atoms with van der Waals surface area (Å²) in [6, 6.07) is 6.38. The van der Waals surface area contributed by atoms with Crippen LogP contribution in [-0.4, -0.2) is 0 Å². The molecule has 0 aliphatic heterocycles. The SMILES string of the molecule is CCC(CC)c1cc(Br)ccc1Br. The summed E-state index contributed by atoms with van der Waals surface area (Å²) in [4.78, 5) is 0. The Bertz CT molecular complexity index is 277. The quantitative estimate of drug-likeness (QED) is 0.727. The number of rotatable bonds is 3. The van der Waals surface area contributed by atoms with Crippen molar-refractivity contribution in [1.82, 2.24) is 0 Å². The molecule has 1 aromatic rings. The Morgan fingerprint density at radius 2 is 1.77 bits per heavy atom. The van der Waals surface area contributed by atoms with Gasteiger partial charge in [-0.1, -0.05) is 45.7 Å². The Kier molecular flexibility index (Phi) is 4.47. The fourth-order valence-electron chi connectivity index (χ4n) is 1.56. The first kappa shape index (κ1) is 11.3. The zero-order valence-corrected chi connectivity index (χ0v) is 11.2. The maximum Gasteiger partial charge on any atom is 0.0210 e. The zero-order chi connectivity index (χ0) is 9.84. The summed E-state index contributed by atoms with van der Waals surface area (Å²) in [6.07, 6.45) is 2.40. The molecule has 0 spiro atoms. The molecule has 0 bridgehead atoms. The second kappa shape index (κ2) is 5.16. The number of hydrogen-bond acceptors (Lipinski definition) is 0. The van der Waals surface area contributed by atoms with Gasteiger partial charge < -0.3 is 0 Å². The highest BCUT2D eigenvalue weighted by Gasteiger charge is 2.10. The van der Waals surface area contributed by atoms with E-state index < -0.39 is 0 Å². The van der Waals surface area contributed by atoms with E-state index in [1.165, 1.54) is 22.9 Å². The predicted molar refractivity (Wildman–Crippen MR) is 65.2 cm³/mol. The van der Waals surface area contributed by atoms with E-state index in [1.54, 1.807) is 0 Å². The molecule has 0 heterocycles. The third-order valence-electron chi connectivity index (χ3n) is 2.38. The molecule has 0 unspecified atom stereocenters. The van der Waals surface area contributed by atoms with Gasteiger partial charge in [-0.2, -0.15) is 0 Å². The maximum atomic E-state index is 3.59. The third-order valence-corrected chi connectivity index (χ3v) is 3.60. The van der Waals surface area contributed by atoms with Gasteiger partial charge in [0.2, 0.25) is 0 Å². The van der Waals surface area contributed by atoms with E-state index in [2.05, 4.69) is 63.9 Å². The number of halogens is 2. The minimum absolute atomic E-state index is 0.673. The molecule has 0 saturated heterocycles. The maximum absolute atomic E-state index is 3.59. The molecule has 1 aromatic carbocycles. The second-order valence-corrected chi connectivity index (χ2v) is 4.95. The predicted octanol–water partition coefficient (Wildman–Crippen LogP) is 5.12. The fourth-order valence-corrected chi connectivity index (χ4v) is 2.51. The van der Waals surface area contributed by atoms with Crippen molar-refractivity contribution in [2.24, 2.45) is 0 Å². The summed E-state index contributed by atoms with van der Waals surface area (Å²) in [5.41, 5.74) is 1.42. The van der Waals surface area contributed by atoms with E-state index in [0.717, 1.165) is 4.47 Å². The summed E-state index contributed by atoms with van der Waals surface area (Å²) in [5.74, 6) is 0.673. The average molecular weight is 306 g/mol. The van der Waals surface area contributed by atoms with E-state index in [-0.39, 0.29) is 0 Å². The molecule has 0 radical (unpaired) electrons. The fraction of sp³-hybridized carbons (Fsp3) is 0.455. The van der Waals surface area contributed by atoms with E-state index in [4.69, 9.17) is 0 Å². The molecule has 0 atom stereocenters. The molecule has 13 heavy (non-hydrogen) atoms. The average Bonchev–Trinajstić information content (AvgIpc) is 2.13. The topological polar surface area (TPSA) is 0 Å². The van der Waals surface area contributed by atoms with E-state index in [0.29, 0.717) is 5.92 Å². The molecule has 0 amide bonds. The molecule has 0 aromatic heterocycles. The smallest absolute Gasteiger partial charge is 0.0210 e. The van der Waals surface area contributed by atoms with Gasteiger partial charge in [0.05, 0.1) is 0 Å². The molecule has 0 aliphatic rings. The largest absolute Gasteiger partial charge is 0.0648 e. The number of hydrogen-bond donors (Lipinski definition) is 0. The van der Waals surface area contributed by atoms with Crippen LogP contribution < -0.4 is 0 Å². The van der Waals surface area contributed by atoms with Crippen molar-refractivity contribution in [1.29, 1.82) is 0 Å². The van der Waals surface area contributed by atoms with Crippen molar-refractivity contribution >= 4 is 31.9 Å². The van der Waals surface area contributed by atoms with Crippen LogP contribution in [-0.2, 0) is 0 Å². The molecule has 72 valence electrons. The van der Waals surface area contributed by atoms with Gasteiger partial charge in [-0.3, -0.25) is 0 Å². The van der Waals surface area contributed by atoms with Crippen molar-refractivity contribution in [2.75, 3.05) is 0 Å². The van der Waals surface area contributed by atoms with Crippen LogP contribution in [0.4, 0.5) is 0 Å². The van der Waals surface area contributed by atoms with Crippen LogP contribution in [0.2, 0.25) is 0 Å².